The predicted molar refractivity (Wildman–Crippen MR) is 128 cm³/mol. The molecule has 0 bridgehead atoms. The predicted octanol–water partition coefficient (Wildman–Crippen LogP) is 3.16. The van der Waals surface area contributed by atoms with Crippen molar-refractivity contribution in [2.45, 2.75) is 17.1 Å². The minimum atomic E-state index is -3.48. The van der Waals surface area contributed by atoms with Crippen molar-refractivity contribution in [3.8, 4) is 0 Å². The van der Waals surface area contributed by atoms with Crippen LogP contribution in [0.25, 0.3) is 0 Å². The SMILES string of the molecule is O=S(=O)(c1ccccc1)N1CCN(C[C@H](O)COC(c2ccccc2)c2ccccc2)CC1. The Morgan fingerprint density at radius 1 is 0.758 bits per heavy atom. The summed E-state index contributed by atoms with van der Waals surface area (Å²) >= 11 is 0. The smallest absolute Gasteiger partial charge is 0.243 e. The molecule has 0 spiro atoms. The van der Waals surface area contributed by atoms with Gasteiger partial charge in [-0.2, -0.15) is 4.31 Å². The Hall–Kier alpha value is -2.55. The quantitative estimate of drug-likeness (QED) is 0.525. The highest BCUT2D eigenvalue weighted by Gasteiger charge is 2.29. The largest absolute Gasteiger partial charge is 0.389 e. The van der Waals surface area contributed by atoms with Crippen LogP contribution >= 0.6 is 0 Å². The average Bonchev–Trinajstić information content (AvgIpc) is 2.86. The number of sulfonamides is 1. The van der Waals surface area contributed by atoms with E-state index in [9.17, 15) is 13.5 Å². The van der Waals surface area contributed by atoms with E-state index in [4.69, 9.17) is 4.74 Å². The average molecular weight is 467 g/mol. The number of aliphatic hydroxyl groups is 1. The van der Waals surface area contributed by atoms with Gasteiger partial charge in [-0.25, -0.2) is 8.42 Å². The van der Waals surface area contributed by atoms with Gasteiger partial charge in [0.1, 0.15) is 6.10 Å². The van der Waals surface area contributed by atoms with Crippen LogP contribution in [-0.2, 0) is 14.8 Å². The summed E-state index contributed by atoms with van der Waals surface area (Å²) in [5.74, 6) is 0. The summed E-state index contributed by atoms with van der Waals surface area (Å²) in [5, 5.41) is 10.6. The summed E-state index contributed by atoms with van der Waals surface area (Å²) in [7, 11) is -3.48. The van der Waals surface area contributed by atoms with Crippen molar-refractivity contribution in [2.24, 2.45) is 0 Å². The topological polar surface area (TPSA) is 70.1 Å². The zero-order chi connectivity index (χ0) is 23.1. The van der Waals surface area contributed by atoms with Gasteiger partial charge in [0.25, 0.3) is 0 Å². The summed E-state index contributed by atoms with van der Waals surface area (Å²) in [6.45, 7) is 2.59. The van der Waals surface area contributed by atoms with Crippen molar-refractivity contribution >= 4 is 10.0 Å². The molecule has 1 aliphatic rings. The zero-order valence-corrected chi connectivity index (χ0v) is 19.3. The van der Waals surface area contributed by atoms with Crippen LogP contribution < -0.4 is 0 Å². The Bertz CT molecular complexity index is 1050. The Morgan fingerprint density at radius 2 is 1.24 bits per heavy atom. The first-order valence-electron chi connectivity index (χ1n) is 11.2. The second-order valence-electron chi connectivity index (χ2n) is 8.21. The highest BCUT2D eigenvalue weighted by molar-refractivity contribution is 7.89. The molecule has 1 heterocycles. The molecule has 1 atom stereocenters. The van der Waals surface area contributed by atoms with Crippen LogP contribution in [-0.4, -0.2) is 68.2 Å². The fraction of sp³-hybridized carbons (Fsp3) is 0.308. The lowest BCUT2D eigenvalue weighted by Gasteiger charge is -2.35. The van der Waals surface area contributed by atoms with Crippen LogP contribution in [0.3, 0.4) is 0 Å². The standard InChI is InChI=1S/C26H30N2O4S/c29-24(21-32-26(22-10-4-1-5-11-22)23-12-6-2-7-13-23)20-27-16-18-28(19-17-27)33(30,31)25-14-8-3-9-15-25/h1-15,24,26,29H,16-21H2/t24-/m0/s1. The molecular formula is C26H30N2O4S. The van der Waals surface area contributed by atoms with Crippen molar-refractivity contribution in [2.75, 3.05) is 39.3 Å². The monoisotopic (exact) mass is 466 g/mol. The molecule has 3 aromatic rings. The number of piperazine rings is 1. The first-order valence-corrected chi connectivity index (χ1v) is 12.6. The molecule has 0 saturated carbocycles. The van der Waals surface area contributed by atoms with Gasteiger partial charge in [0.05, 0.1) is 17.6 Å². The molecule has 1 saturated heterocycles. The van der Waals surface area contributed by atoms with Gasteiger partial charge < -0.3 is 9.84 Å². The Morgan fingerprint density at radius 3 is 1.76 bits per heavy atom. The molecule has 1 fully saturated rings. The lowest BCUT2D eigenvalue weighted by Crippen LogP contribution is -2.50. The molecule has 0 radical (unpaired) electrons. The van der Waals surface area contributed by atoms with E-state index >= 15 is 0 Å². The molecule has 4 rings (SSSR count). The number of benzene rings is 3. The van der Waals surface area contributed by atoms with Crippen molar-refractivity contribution in [3.63, 3.8) is 0 Å². The van der Waals surface area contributed by atoms with Gasteiger partial charge in [-0.15, -0.1) is 0 Å². The first-order chi connectivity index (χ1) is 16.0. The van der Waals surface area contributed by atoms with E-state index < -0.39 is 16.1 Å². The van der Waals surface area contributed by atoms with E-state index in [1.54, 1.807) is 30.3 Å². The first kappa shape index (κ1) is 23.6. The molecular weight excluding hydrogens is 436 g/mol. The summed E-state index contributed by atoms with van der Waals surface area (Å²) in [6.07, 6.45) is -0.924. The molecule has 0 aliphatic carbocycles. The number of nitrogens with zero attached hydrogens (tertiary/aromatic N) is 2. The molecule has 0 unspecified atom stereocenters. The second kappa shape index (κ2) is 11.0. The third-order valence-corrected chi connectivity index (χ3v) is 7.75. The lowest BCUT2D eigenvalue weighted by atomic mass is 10.0. The number of rotatable bonds is 9. The van der Waals surface area contributed by atoms with E-state index in [-0.39, 0.29) is 12.7 Å². The van der Waals surface area contributed by atoms with Crippen molar-refractivity contribution in [1.29, 1.82) is 0 Å². The van der Waals surface area contributed by atoms with Crippen LogP contribution in [0, 0.1) is 0 Å². The number of aliphatic hydroxyl groups excluding tert-OH is 1. The second-order valence-corrected chi connectivity index (χ2v) is 10.1. The molecule has 0 aromatic heterocycles. The molecule has 33 heavy (non-hydrogen) atoms. The fourth-order valence-corrected chi connectivity index (χ4v) is 5.54. The van der Waals surface area contributed by atoms with Crippen molar-refractivity contribution < 1.29 is 18.3 Å². The van der Waals surface area contributed by atoms with Gasteiger partial charge in [-0.3, -0.25) is 4.90 Å². The molecule has 174 valence electrons. The summed E-state index contributed by atoms with van der Waals surface area (Å²) in [5.41, 5.74) is 2.08. The lowest BCUT2D eigenvalue weighted by molar-refractivity contribution is -0.0117. The van der Waals surface area contributed by atoms with Gasteiger partial charge in [-0.05, 0) is 23.3 Å². The van der Waals surface area contributed by atoms with Crippen LogP contribution in [0.4, 0.5) is 0 Å². The minimum Gasteiger partial charge on any atom is -0.389 e. The summed E-state index contributed by atoms with van der Waals surface area (Å²) < 4.78 is 33.3. The summed E-state index contributed by atoms with van der Waals surface area (Å²) in [4.78, 5) is 2.41. The number of ether oxygens (including phenoxy) is 1. The maximum atomic E-state index is 12.8. The van der Waals surface area contributed by atoms with Crippen LogP contribution in [0.5, 0.6) is 0 Å². The van der Waals surface area contributed by atoms with E-state index in [2.05, 4.69) is 4.90 Å². The Labute approximate surface area is 196 Å². The van der Waals surface area contributed by atoms with Crippen LogP contribution in [0.2, 0.25) is 0 Å². The van der Waals surface area contributed by atoms with Gasteiger partial charge in [-0.1, -0.05) is 78.9 Å². The normalized spacial score (nSPS) is 16.7. The molecule has 0 amide bonds. The van der Waals surface area contributed by atoms with E-state index in [1.165, 1.54) is 4.31 Å². The van der Waals surface area contributed by atoms with Crippen molar-refractivity contribution in [3.05, 3.63) is 102 Å². The molecule has 6 nitrogen and oxygen atoms in total. The number of β-amino-alcohol motifs (C(OH)–C–C–N with tert-alkyl or cyclic N) is 1. The van der Waals surface area contributed by atoms with Crippen LogP contribution in [0.1, 0.15) is 17.2 Å². The van der Waals surface area contributed by atoms with Gasteiger partial charge in [0.15, 0.2) is 0 Å². The van der Waals surface area contributed by atoms with E-state index in [1.807, 2.05) is 60.7 Å². The fourth-order valence-electron chi connectivity index (χ4n) is 4.09. The Kier molecular flexibility index (Phi) is 7.90. The van der Waals surface area contributed by atoms with Crippen LogP contribution in [0.15, 0.2) is 95.9 Å². The third-order valence-electron chi connectivity index (χ3n) is 5.84. The molecule has 1 aliphatic heterocycles. The van der Waals surface area contributed by atoms with Gasteiger partial charge in [0.2, 0.25) is 10.0 Å². The summed E-state index contributed by atoms with van der Waals surface area (Å²) in [6, 6.07) is 28.5. The maximum Gasteiger partial charge on any atom is 0.243 e. The van der Waals surface area contributed by atoms with Gasteiger partial charge in [0, 0.05) is 32.7 Å². The Balaban J connectivity index is 1.31. The highest BCUT2D eigenvalue weighted by atomic mass is 32.2. The highest BCUT2D eigenvalue weighted by Crippen LogP contribution is 2.26. The number of hydrogen-bond donors (Lipinski definition) is 1. The number of hydrogen-bond acceptors (Lipinski definition) is 5. The zero-order valence-electron chi connectivity index (χ0n) is 18.5. The molecule has 1 N–H and O–H groups in total. The third kappa shape index (κ3) is 6.07. The van der Waals surface area contributed by atoms with Gasteiger partial charge >= 0.3 is 0 Å². The molecule has 7 heteroatoms. The minimum absolute atomic E-state index is 0.191. The van der Waals surface area contributed by atoms with Crippen molar-refractivity contribution in [1.82, 2.24) is 9.21 Å². The molecule has 3 aromatic carbocycles. The maximum absolute atomic E-state index is 12.8. The van der Waals surface area contributed by atoms with E-state index in [0.717, 1.165) is 11.1 Å². The van der Waals surface area contributed by atoms with E-state index in [0.29, 0.717) is 37.6 Å².